The molecule has 0 aliphatic rings. The third-order valence-electron chi connectivity index (χ3n) is 4.09. The molecule has 19 heavy (non-hydrogen) atoms. The Hall–Kier alpha value is -1.06. The van der Waals surface area contributed by atoms with Gasteiger partial charge in [0.25, 0.3) is 0 Å². The second-order valence-electron chi connectivity index (χ2n) is 5.08. The Morgan fingerprint density at radius 3 is 2.16 bits per heavy atom. The van der Waals surface area contributed by atoms with E-state index in [0.717, 1.165) is 35.3 Å². The highest BCUT2D eigenvalue weighted by atomic mass is 16.5. The first-order chi connectivity index (χ1) is 8.95. The lowest BCUT2D eigenvalue weighted by Gasteiger charge is -2.36. The first kappa shape index (κ1) is 16.0. The van der Waals surface area contributed by atoms with Crippen molar-refractivity contribution in [2.24, 2.45) is 0 Å². The smallest absolute Gasteiger partial charge is 0.125 e. The van der Waals surface area contributed by atoms with Crippen molar-refractivity contribution in [3.8, 4) is 5.75 Å². The molecule has 3 heteroatoms. The van der Waals surface area contributed by atoms with Gasteiger partial charge in [-0.25, -0.2) is 0 Å². The molecule has 1 atom stereocenters. The molecular formula is C16H26O3. The Bertz CT molecular complexity index is 414. The summed E-state index contributed by atoms with van der Waals surface area (Å²) in [5.74, 6) is 0.730. The molecule has 1 unspecified atom stereocenters. The highest BCUT2D eigenvalue weighted by Gasteiger charge is 2.38. The highest BCUT2D eigenvalue weighted by molar-refractivity contribution is 5.45. The molecule has 0 spiro atoms. The van der Waals surface area contributed by atoms with Gasteiger partial charge in [0.05, 0.1) is 12.7 Å². The Balaban J connectivity index is 3.36. The first-order valence-corrected chi connectivity index (χ1v) is 6.84. The van der Waals surface area contributed by atoms with Crippen molar-refractivity contribution in [2.75, 3.05) is 14.2 Å². The highest BCUT2D eigenvalue weighted by Crippen LogP contribution is 2.40. The standard InChI is InChI=1S/C16H26O3/c1-7-16(8-2,19-6)15(17)14-12(4)9-11(3)10-13(14)18-5/h9-10,15,17H,7-8H2,1-6H3. The molecule has 108 valence electrons. The maximum Gasteiger partial charge on any atom is 0.125 e. The zero-order valence-electron chi connectivity index (χ0n) is 12.9. The fourth-order valence-corrected chi connectivity index (χ4v) is 2.76. The lowest BCUT2D eigenvalue weighted by molar-refractivity contribution is -0.110. The average molecular weight is 266 g/mol. The van der Waals surface area contributed by atoms with Gasteiger partial charge in [-0.2, -0.15) is 0 Å². The zero-order chi connectivity index (χ0) is 14.6. The summed E-state index contributed by atoms with van der Waals surface area (Å²) in [6, 6.07) is 4.02. The van der Waals surface area contributed by atoms with Crippen LogP contribution >= 0.6 is 0 Å². The molecule has 0 aliphatic heterocycles. The Labute approximate surface area is 116 Å². The number of hydrogen-bond acceptors (Lipinski definition) is 3. The largest absolute Gasteiger partial charge is 0.496 e. The molecule has 0 aromatic heterocycles. The summed E-state index contributed by atoms with van der Waals surface area (Å²) in [5, 5.41) is 10.8. The summed E-state index contributed by atoms with van der Waals surface area (Å²) in [7, 11) is 3.29. The maximum atomic E-state index is 10.8. The van der Waals surface area contributed by atoms with E-state index in [0.29, 0.717) is 0 Å². The van der Waals surface area contributed by atoms with Gasteiger partial charge in [-0.3, -0.25) is 0 Å². The zero-order valence-corrected chi connectivity index (χ0v) is 12.9. The summed E-state index contributed by atoms with van der Waals surface area (Å²) in [6.45, 7) is 8.09. The molecule has 0 amide bonds. The van der Waals surface area contributed by atoms with E-state index in [2.05, 4.69) is 6.07 Å². The molecule has 3 nitrogen and oxygen atoms in total. The monoisotopic (exact) mass is 266 g/mol. The van der Waals surface area contributed by atoms with Crippen molar-refractivity contribution in [1.82, 2.24) is 0 Å². The number of methoxy groups -OCH3 is 2. The number of benzene rings is 1. The van der Waals surface area contributed by atoms with Gasteiger partial charge in [0.2, 0.25) is 0 Å². The van der Waals surface area contributed by atoms with E-state index in [9.17, 15) is 5.11 Å². The molecule has 0 bridgehead atoms. The third kappa shape index (κ3) is 2.93. The number of rotatable bonds is 6. The number of hydrogen-bond donors (Lipinski definition) is 1. The van der Waals surface area contributed by atoms with Crippen LogP contribution in [-0.4, -0.2) is 24.9 Å². The molecule has 0 heterocycles. The molecule has 1 aromatic rings. The van der Waals surface area contributed by atoms with Gasteiger partial charge in [-0.05, 0) is 43.9 Å². The van der Waals surface area contributed by atoms with E-state index in [1.165, 1.54) is 0 Å². The lowest BCUT2D eigenvalue weighted by Crippen LogP contribution is -2.37. The van der Waals surface area contributed by atoms with Crippen molar-refractivity contribution in [3.63, 3.8) is 0 Å². The predicted molar refractivity (Wildman–Crippen MR) is 77.7 cm³/mol. The fourth-order valence-electron chi connectivity index (χ4n) is 2.76. The summed E-state index contributed by atoms with van der Waals surface area (Å²) in [6.07, 6.45) is 0.804. The fraction of sp³-hybridized carbons (Fsp3) is 0.625. The van der Waals surface area contributed by atoms with E-state index in [4.69, 9.17) is 9.47 Å². The Morgan fingerprint density at radius 2 is 1.74 bits per heavy atom. The normalized spacial score (nSPS) is 13.4. The van der Waals surface area contributed by atoms with Crippen LogP contribution < -0.4 is 4.74 Å². The second kappa shape index (κ2) is 6.40. The van der Waals surface area contributed by atoms with E-state index < -0.39 is 11.7 Å². The van der Waals surface area contributed by atoms with Crippen molar-refractivity contribution in [1.29, 1.82) is 0 Å². The van der Waals surface area contributed by atoms with Crippen LogP contribution in [0.25, 0.3) is 0 Å². The molecule has 1 aromatic carbocycles. The number of ether oxygens (including phenoxy) is 2. The van der Waals surface area contributed by atoms with Crippen molar-refractivity contribution in [3.05, 3.63) is 28.8 Å². The molecule has 1 rings (SSSR count). The van der Waals surface area contributed by atoms with E-state index in [1.54, 1.807) is 14.2 Å². The third-order valence-corrected chi connectivity index (χ3v) is 4.09. The lowest BCUT2D eigenvalue weighted by atomic mass is 9.83. The second-order valence-corrected chi connectivity index (χ2v) is 5.08. The van der Waals surface area contributed by atoms with E-state index in [-0.39, 0.29) is 0 Å². The van der Waals surface area contributed by atoms with Crippen LogP contribution in [0.3, 0.4) is 0 Å². The van der Waals surface area contributed by atoms with E-state index >= 15 is 0 Å². The molecular weight excluding hydrogens is 240 g/mol. The minimum atomic E-state index is -0.692. The SMILES string of the molecule is CCC(CC)(OC)C(O)c1c(C)cc(C)cc1OC. The molecule has 0 aliphatic carbocycles. The van der Waals surface area contributed by atoms with E-state index in [1.807, 2.05) is 33.8 Å². The molecule has 0 saturated carbocycles. The molecule has 0 radical (unpaired) electrons. The number of aliphatic hydroxyl groups excluding tert-OH is 1. The quantitative estimate of drug-likeness (QED) is 0.855. The predicted octanol–water partition coefficient (Wildman–Crippen LogP) is 3.55. The van der Waals surface area contributed by atoms with Crippen molar-refractivity contribution in [2.45, 2.75) is 52.2 Å². The van der Waals surface area contributed by atoms with Crippen LogP contribution in [0.1, 0.15) is 49.5 Å². The summed E-state index contributed by atoms with van der Waals surface area (Å²) in [4.78, 5) is 0. The van der Waals surface area contributed by atoms with Crippen LogP contribution in [0.4, 0.5) is 0 Å². The van der Waals surface area contributed by atoms with Gasteiger partial charge < -0.3 is 14.6 Å². The molecule has 0 saturated heterocycles. The molecule has 0 fully saturated rings. The summed E-state index contributed by atoms with van der Waals surface area (Å²) < 4.78 is 11.1. The Morgan fingerprint density at radius 1 is 1.16 bits per heavy atom. The molecule has 1 N–H and O–H groups in total. The van der Waals surface area contributed by atoms with Gasteiger partial charge in [-0.1, -0.05) is 19.9 Å². The summed E-state index contributed by atoms with van der Waals surface area (Å²) in [5.41, 5.74) is 2.43. The minimum absolute atomic E-state index is 0.562. The van der Waals surface area contributed by atoms with Gasteiger partial charge in [0.15, 0.2) is 0 Å². The minimum Gasteiger partial charge on any atom is -0.496 e. The van der Waals surface area contributed by atoms with Gasteiger partial charge in [-0.15, -0.1) is 0 Å². The van der Waals surface area contributed by atoms with Crippen LogP contribution in [-0.2, 0) is 4.74 Å². The van der Waals surface area contributed by atoms with Gasteiger partial charge >= 0.3 is 0 Å². The summed E-state index contributed by atoms with van der Waals surface area (Å²) >= 11 is 0. The van der Waals surface area contributed by atoms with Crippen LogP contribution in [0.15, 0.2) is 12.1 Å². The number of aryl methyl sites for hydroxylation is 2. The van der Waals surface area contributed by atoms with Crippen LogP contribution in [0.5, 0.6) is 5.75 Å². The van der Waals surface area contributed by atoms with Crippen LogP contribution in [0, 0.1) is 13.8 Å². The van der Waals surface area contributed by atoms with Crippen LogP contribution in [0.2, 0.25) is 0 Å². The number of aliphatic hydroxyl groups is 1. The van der Waals surface area contributed by atoms with Crippen molar-refractivity contribution < 1.29 is 14.6 Å². The first-order valence-electron chi connectivity index (χ1n) is 6.84. The average Bonchev–Trinajstić information content (AvgIpc) is 2.40. The maximum absolute atomic E-state index is 10.8. The van der Waals surface area contributed by atoms with Gasteiger partial charge in [0.1, 0.15) is 11.9 Å². The topological polar surface area (TPSA) is 38.7 Å². The Kier molecular flexibility index (Phi) is 5.39. The van der Waals surface area contributed by atoms with Crippen molar-refractivity contribution >= 4 is 0 Å². The van der Waals surface area contributed by atoms with Gasteiger partial charge in [0, 0.05) is 12.7 Å².